The maximum Gasteiger partial charge on any atom is 0.224 e. The maximum atomic E-state index is 12.0. The fourth-order valence-electron chi connectivity index (χ4n) is 2.43. The molecule has 2 rings (SSSR count). The van der Waals surface area contributed by atoms with Gasteiger partial charge in [0.25, 0.3) is 0 Å². The molecule has 23 heavy (non-hydrogen) atoms. The highest BCUT2D eigenvalue weighted by atomic mass is 16.5. The molecule has 0 spiro atoms. The third-order valence-electron chi connectivity index (χ3n) is 3.68. The summed E-state index contributed by atoms with van der Waals surface area (Å²) in [5.74, 6) is 1.67. The van der Waals surface area contributed by atoms with Crippen LogP contribution in [0.4, 0.5) is 0 Å². The molecule has 0 unspecified atom stereocenters. The minimum absolute atomic E-state index is 0.0155. The third-order valence-corrected chi connectivity index (χ3v) is 3.68. The normalized spacial score (nSPS) is 10.2. The predicted molar refractivity (Wildman–Crippen MR) is 91.1 cm³/mol. The Kier molecular flexibility index (Phi) is 6.03. The number of nitrogens with one attached hydrogen (secondary N) is 1. The van der Waals surface area contributed by atoms with Crippen molar-refractivity contribution >= 4 is 5.91 Å². The number of amides is 1. The first-order valence-electron chi connectivity index (χ1n) is 7.65. The van der Waals surface area contributed by atoms with E-state index in [9.17, 15) is 4.79 Å². The first kappa shape index (κ1) is 16.9. The quantitative estimate of drug-likeness (QED) is 0.855. The second-order valence-electron chi connectivity index (χ2n) is 5.44. The van der Waals surface area contributed by atoms with Crippen molar-refractivity contribution in [3.8, 4) is 11.5 Å². The minimum atomic E-state index is 0.0155. The van der Waals surface area contributed by atoms with Crippen molar-refractivity contribution in [3.63, 3.8) is 0 Å². The zero-order valence-electron chi connectivity index (χ0n) is 13.9. The molecule has 0 heterocycles. The third kappa shape index (κ3) is 5.02. The van der Waals surface area contributed by atoms with E-state index in [1.54, 1.807) is 14.2 Å². The highest BCUT2D eigenvalue weighted by Crippen LogP contribution is 2.19. The maximum absolute atomic E-state index is 12.0. The number of aryl methyl sites for hydroxylation is 1. The number of benzene rings is 2. The molecule has 122 valence electrons. The van der Waals surface area contributed by atoms with Crippen LogP contribution < -0.4 is 14.8 Å². The van der Waals surface area contributed by atoms with Gasteiger partial charge >= 0.3 is 0 Å². The lowest BCUT2D eigenvalue weighted by molar-refractivity contribution is -0.120. The smallest absolute Gasteiger partial charge is 0.224 e. The number of hydrogen-bond donors (Lipinski definition) is 1. The Bertz CT molecular complexity index is 650. The molecule has 0 fully saturated rings. The molecular formula is C19H23NO3. The molecule has 2 aromatic rings. The number of ether oxygens (including phenoxy) is 2. The number of methoxy groups -OCH3 is 2. The molecule has 0 aliphatic heterocycles. The van der Waals surface area contributed by atoms with Crippen molar-refractivity contribution in [3.05, 3.63) is 59.2 Å². The molecule has 4 heteroatoms. The SMILES string of the molecule is COc1ccc(CC(=O)NCCc2cc(C)ccc2OC)cc1. The Balaban J connectivity index is 1.83. The summed E-state index contributed by atoms with van der Waals surface area (Å²) >= 11 is 0. The highest BCUT2D eigenvalue weighted by molar-refractivity contribution is 5.78. The summed E-state index contributed by atoms with van der Waals surface area (Å²) in [5.41, 5.74) is 3.26. The van der Waals surface area contributed by atoms with E-state index < -0.39 is 0 Å². The molecule has 1 N–H and O–H groups in total. The van der Waals surface area contributed by atoms with E-state index in [2.05, 4.69) is 11.4 Å². The fraction of sp³-hybridized carbons (Fsp3) is 0.316. The van der Waals surface area contributed by atoms with Gasteiger partial charge in [0.15, 0.2) is 0 Å². The number of carbonyl (C=O) groups excluding carboxylic acids is 1. The largest absolute Gasteiger partial charge is 0.497 e. The van der Waals surface area contributed by atoms with E-state index in [0.717, 1.165) is 29.0 Å². The lowest BCUT2D eigenvalue weighted by atomic mass is 10.1. The van der Waals surface area contributed by atoms with Crippen molar-refractivity contribution < 1.29 is 14.3 Å². The van der Waals surface area contributed by atoms with Gasteiger partial charge in [-0.05, 0) is 42.7 Å². The summed E-state index contributed by atoms with van der Waals surface area (Å²) in [5, 5.41) is 2.95. The molecule has 1 amide bonds. The Morgan fingerprint density at radius 3 is 2.43 bits per heavy atom. The van der Waals surface area contributed by atoms with Crippen LogP contribution in [0.3, 0.4) is 0 Å². The Morgan fingerprint density at radius 2 is 1.78 bits per heavy atom. The van der Waals surface area contributed by atoms with Gasteiger partial charge in [0.1, 0.15) is 11.5 Å². The van der Waals surface area contributed by atoms with Crippen LogP contribution in [0.5, 0.6) is 11.5 Å². The average Bonchev–Trinajstić information content (AvgIpc) is 2.56. The molecule has 0 saturated heterocycles. The molecule has 0 atom stereocenters. The molecule has 0 aliphatic rings. The second kappa shape index (κ2) is 8.22. The van der Waals surface area contributed by atoms with Gasteiger partial charge in [0.2, 0.25) is 5.91 Å². The number of hydrogen-bond acceptors (Lipinski definition) is 3. The van der Waals surface area contributed by atoms with Crippen molar-refractivity contribution in [2.24, 2.45) is 0 Å². The van der Waals surface area contributed by atoms with Gasteiger partial charge in [0, 0.05) is 6.54 Å². The van der Waals surface area contributed by atoms with Crippen molar-refractivity contribution in [1.29, 1.82) is 0 Å². The van der Waals surface area contributed by atoms with Gasteiger partial charge in [-0.3, -0.25) is 4.79 Å². The zero-order valence-corrected chi connectivity index (χ0v) is 13.9. The molecule has 0 radical (unpaired) electrons. The highest BCUT2D eigenvalue weighted by Gasteiger charge is 2.06. The van der Waals surface area contributed by atoms with Crippen LogP contribution in [0, 0.1) is 6.92 Å². The second-order valence-corrected chi connectivity index (χ2v) is 5.44. The van der Waals surface area contributed by atoms with Crippen LogP contribution in [0.25, 0.3) is 0 Å². The monoisotopic (exact) mass is 313 g/mol. The first-order chi connectivity index (χ1) is 11.1. The van der Waals surface area contributed by atoms with Gasteiger partial charge in [0.05, 0.1) is 20.6 Å². The molecule has 4 nitrogen and oxygen atoms in total. The Hall–Kier alpha value is -2.49. The number of carbonyl (C=O) groups is 1. The molecule has 0 saturated carbocycles. The molecule has 0 aliphatic carbocycles. The van der Waals surface area contributed by atoms with Crippen LogP contribution in [0.15, 0.2) is 42.5 Å². The lowest BCUT2D eigenvalue weighted by Crippen LogP contribution is -2.27. The van der Waals surface area contributed by atoms with Gasteiger partial charge in [-0.15, -0.1) is 0 Å². The standard InChI is InChI=1S/C19H23NO3/c1-14-4-9-18(23-3)16(12-14)10-11-20-19(21)13-15-5-7-17(22-2)8-6-15/h4-9,12H,10-11,13H2,1-3H3,(H,20,21). The van der Waals surface area contributed by atoms with Crippen LogP contribution in [-0.2, 0) is 17.6 Å². The minimum Gasteiger partial charge on any atom is -0.497 e. The van der Waals surface area contributed by atoms with Gasteiger partial charge < -0.3 is 14.8 Å². The Labute approximate surface area is 137 Å². The number of rotatable bonds is 7. The van der Waals surface area contributed by atoms with E-state index in [1.165, 1.54) is 5.56 Å². The average molecular weight is 313 g/mol. The van der Waals surface area contributed by atoms with Gasteiger partial charge in [-0.2, -0.15) is 0 Å². The van der Waals surface area contributed by atoms with Crippen LogP contribution in [0.2, 0.25) is 0 Å². The summed E-state index contributed by atoms with van der Waals surface area (Å²) in [7, 11) is 3.29. The predicted octanol–water partition coefficient (Wildman–Crippen LogP) is 2.91. The first-order valence-corrected chi connectivity index (χ1v) is 7.65. The van der Waals surface area contributed by atoms with Crippen LogP contribution in [0.1, 0.15) is 16.7 Å². The van der Waals surface area contributed by atoms with Gasteiger partial charge in [-0.1, -0.05) is 29.8 Å². The molecule has 2 aromatic carbocycles. The molecule has 0 bridgehead atoms. The van der Waals surface area contributed by atoms with Crippen molar-refractivity contribution in [2.45, 2.75) is 19.8 Å². The topological polar surface area (TPSA) is 47.6 Å². The van der Waals surface area contributed by atoms with Crippen LogP contribution in [-0.4, -0.2) is 26.7 Å². The molecular weight excluding hydrogens is 290 g/mol. The fourth-order valence-corrected chi connectivity index (χ4v) is 2.43. The van der Waals surface area contributed by atoms with Crippen LogP contribution >= 0.6 is 0 Å². The summed E-state index contributed by atoms with van der Waals surface area (Å²) in [6.45, 7) is 2.64. The molecule has 0 aromatic heterocycles. The summed E-state index contributed by atoms with van der Waals surface area (Å²) in [6.07, 6.45) is 1.12. The summed E-state index contributed by atoms with van der Waals surface area (Å²) in [6, 6.07) is 13.6. The van der Waals surface area contributed by atoms with E-state index in [0.29, 0.717) is 13.0 Å². The van der Waals surface area contributed by atoms with E-state index in [1.807, 2.05) is 43.3 Å². The zero-order chi connectivity index (χ0) is 16.7. The van der Waals surface area contributed by atoms with E-state index in [4.69, 9.17) is 9.47 Å². The van der Waals surface area contributed by atoms with Gasteiger partial charge in [-0.25, -0.2) is 0 Å². The lowest BCUT2D eigenvalue weighted by Gasteiger charge is -2.10. The van der Waals surface area contributed by atoms with E-state index in [-0.39, 0.29) is 5.91 Å². The summed E-state index contributed by atoms with van der Waals surface area (Å²) < 4.78 is 10.5. The van der Waals surface area contributed by atoms with Crippen molar-refractivity contribution in [2.75, 3.05) is 20.8 Å². The summed E-state index contributed by atoms with van der Waals surface area (Å²) in [4.78, 5) is 12.0. The van der Waals surface area contributed by atoms with Crippen molar-refractivity contribution in [1.82, 2.24) is 5.32 Å². The Morgan fingerprint density at radius 1 is 1.04 bits per heavy atom. The van der Waals surface area contributed by atoms with E-state index >= 15 is 0 Å².